The molecule has 0 radical (unpaired) electrons. The minimum atomic E-state index is 0.591. The van der Waals surface area contributed by atoms with Gasteiger partial charge in [-0.2, -0.15) is 17.9 Å². The maximum absolute atomic E-state index is 10.8. The normalized spacial score (nSPS) is 14.5. The molecule has 8 heteroatoms. The van der Waals surface area contributed by atoms with Crippen LogP contribution < -0.4 is 10.2 Å². The van der Waals surface area contributed by atoms with Gasteiger partial charge in [0.25, 0.3) is 0 Å². The average Bonchev–Trinajstić information content (AvgIpc) is 3.09. The minimum Gasteiger partial charge on any atom is -0.317 e. The van der Waals surface area contributed by atoms with E-state index in [1.807, 2.05) is 31.2 Å². The highest BCUT2D eigenvalue weighted by atomic mass is 32.1. The first-order valence-electron chi connectivity index (χ1n) is 9.19. The van der Waals surface area contributed by atoms with Crippen LogP contribution in [0.4, 0.5) is 16.6 Å². The zero-order valence-corrected chi connectivity index (χ0v) is 18.3. The third-order valence-corrected chi connectivity index (χ3v) is 5.79. The van der Waals surface area contributed by atoms with Crippen molar-refractivity contribution in [2.75, 3.05) is 43.2 Å². The van der Waals surface area contributed by atoms with E-state index in [9.17, 15) is 4.79 Å². The van der Waals surface area contributed by atoms with Gasteiger partial charge in [0.1, 0.15) is 5.82 Å². The zero-order chi connectivity index (χ0) is 20.5. The van der Waals surface area contributed by atoms with Crippen molar-refractivity contribution in [3.05, 3.63) is 34.7 Å². The summed E-state index contributed by atoms with van der Waals surface area (Å²) in [5, 5.41) is 12.6. The van der Waals surface area contributed by atoms with Gasteiger partial charge in [-0.3, -0.25) is 4.79 Å². The second kappa shape index (κ2) is 11.1. The molecule has 1 aromatic carbocycles. The summed E-state index contributed by atoms with van der Waals surface area (Å²) in [6, 6.07) is 9.77. The highest BCUT2D eigenvalue weighted by molar-refractivity contribution is 7.79. The SMILES string of the molecule is CS.Cc1sc(N(CC2CCN(C)CC2)c2ccc(C#N)cc2)nc1NC=O. The van der Waals surface area contributed by atoms with E-state index in [-0.39, 0.29) is 0 Å². The number of thiol groups is 1. The molecule has 1 amide bonds. The molecule has 1 aliphatic rings. The number of thiazole rings is 1. The summed E-state index contributed by atoms with van der Waals surface area (Å²) in [4.78, 5) is 21.0. The van der Waals surface area contributed by atoms with Crippen LogP contribution in [0, 0.1) is 24.2 Å². The van der Waals surface area contributed by atoms with E-state index in [1.54, 1.807) is 17.6 Å². The van der Waals surface area contributed by atoms with Gasteiger partial charge >= 0.3 is 0 Å². The lowest BCUT2D eigenvalue weighted by atomic mass is 9.96. The van der Waals surface area contributed by atoms with Gasteiger partial charge < -0.3 is 15.1 Å². The number of rotatable bonds is 6. The Kier molecular flexibility index (Phi) is 8.77. The molecule has 150 valence electrons. The monoisotopic (exact) mass is 417 g/mol. The number of hydrogen-bond acceptors (Lipinski definition) is 7. The maximum atomic E-state index is 10.8. The molecule has 1 aliphatic heterocycles. The molecule has 0 unspecified atom stereocenters. The number of aryl methyl sites for hydroxylation is 1. The molecule has 1 N–H and O–H groups in total. The Labute approximate surface area is 176 Å². The summed E-state index contributed by atoms with van der Waals surface area (Å²) in [5.41, 5.74) is 1.67. The van der Waals surface area contributed by atoms with Crippen molar-refractivity contribution in [2.24, 2.45) is 5.92 Å². The van der Waals surface area contributed by atoms with Crippen LogP contribution in [0.3, 0.4) is 0 Å². The lowest BCUT2D eigenvalue weighted by Crippen LogP contribution is -2.35. The number of nitrogens with zero attached hydrogens (tertiary/aromatic N) is 4. The van der Waals surface area contributed by atoms with Crippen LogP contribution in [0.2, 0.25) is 0 Å². The molecule has 0 aliphatic carbocycles. The number of nitriles is 1. The predicted octanol–water partition coefficient (Wildman–Crippen LogP) is 3.92. The maximum Gasteiger partial charge on any atom is 0.212 e. The number of nitrogens with one attached hydrogen (secondary N) is 1. The van der Waals surface area contributed by atoms with E-state index in [0.29, 0.717) is 23.7 Å². The van der Waals surface area contributed by atoms with Gasteiger partial charge in [0.05, 0.1) is 11.6 Å². The van der Waals surface area contributed by atoms with Gasteiger partial charge in [-0.1, -0.05) is 11.3 Å². The van der Waals surface area contributed by atoms with Crippen LogP contribution in [0.5, 0.6) is 0 Å². The quantitative estimate of drug-likeness (QED) is 0.551. The standard InChI is InChI=1S/C19H23N5OS.CH4S/c1-14-18(21-13-25)22-19(26-14)24(12-16-7-9-23(2)10-8-16)17-5-3-15(11-20)4-6-17;1-2/h3-6,13,16H,7-10,12H2,1-2H3,(H,21,25);2H,1H3. The fraction of sp³-hybridized carbons (Fsp3) is 0.450. The molecular formula is C20H27N5OS2. The second-order valence-electron chi connectivity index (χ2n) is 6.68. The highest BCUT2D eigenvalue weighted by Gasteiger charge is 2.23. The van der Waals surface area contributed by atoms with Crippen LogP contribution in [0.1, 0.15) is 23.3 Å². The molecule has 1 saturated heterocycles. The van der Waals surface area contributed by atoms with Crippen molar-refractivity contribution in [1.29, 1.82) is 5.26 Å². The molecule has 6 nitrogen and oxygen atoms in total. The first kappa shape index (κ1) is 22.2. The van der Waals surface area contributed by atoms with E-state index in [2.05, 4.69) is 45.8 Å². The smallest absolute Gasteiger partial charge is 0.212 e. The molecule has 0 atom stereocenters. The summed E-state index contributed by atoms with van der Waals surface area (Å²) in [5.74, 6) is 1.20. The molecule has 1 aromatic heterocycles. The van der Waals surface area contributed by atoms with Crippen LogP contribution in [-0.4, -0.2) is 49.2 Å². The van der Waals surface area contributed by atoms with Gasteiger partial charge in [-0.25, -0.2) is 4.98 Å². The van der Waals surface area contributed by atoms with Crippen molar-refractivity contribution >= 4 is 47.0 Å². The van der Waals surface area contributed by atoms with Crippen molar-refractivity contribution in [2.45, 2.75) is 19.8 Å². The number of piperidine rings is 1. The van der Waals surface area contributed by atoms with Gasteiger partial charge in [-0.05, 0) is 76.3 Å². The Bertz CT molecular complexity index is 792. The summed E-state index contributed by atoms with van der Waals surface area (Å²) in [6.45, 7) is 5.06. The van der Waals surface area contributed by atoms with Crippen molar-refractivity contribution in [3.63, 3.8) is 0 Å². The Morgan fingerprint density at radius 3 is 2.57 bits per heavy atom. The number of aromatic nitrogens is 1. The van der Waals surface area contributed by atoms with E-state index in [0.717, 1.165) is 48.2 Å². The van der Waals surface area contributed by atoms with E-state index >= 15 is 0 Å². The Morgan fingerprint density at radius 2 is 2.00 bits per heavy atom. The van der Waals surface area contributed by atoms with Crippen LogP contribution in [0.15, 0.2) is 24.3 Å². The second-order valence-corrected chi connectivity index (χ2v) is 7.86. The first-order valence-corrected chi connectivity index (χ1v) is 10.9. The average molecular weight is 418 g/mol. The van der Waals surface area contributed by atoms with Crippen molar-refractivity contribution in [3.8, 4) is 6.07 Å². The molecule has 3 rings (SSSR count). The van der Waals surface area contributed by atoms with Gasteiger partial charge in [0, 0.05) is 17.1 Å². The van der Waals surface area contributed by atoms with E-state index in [1.165, 1.54) is 0 Å². The summed E-state index contributed by atoms with van der Waals surface area (Å²) >= 11 is 5.10. The van der Waals surface area contributed by atoms with E-state index < -0.39 is 0 Å². The largest absolute Gasteiger partial charge is 0.317 e. The molecular weight excluding hydrogens is 390 g/mol. The Morgan fingerprint density at radius 1 is 1.36 bits per heavy atom. The summed E-state index contributed by atoms with van der Waals surface area (Å²) < 4.78 is 0. The highest BCUT2D eigenvalue weighted by Crippen LogP contribution is 2.35. The molecule has 2 heterocycles. The number of hydrogen-bond donors (Lipinski definition) is 2. The van der Waals surface area contributed by atoms with Crippen molar-refractivity contribution < 1.29 is 4.79 Å². The molecule has 2 aromatic rings. The van der Waals surface area contributed by atoms with Crippen LogP contribution in [0.25, 0.3) is 0 Å². The molecule has 28 heavy (non-hydrogen) atoms. The lowest BCUT2D eigenvalue weighted by molar-refractivity contribution is -0.105. The molecule has 0 spiro atoms. The van der Waals surface area contributed by atoms with Gasteiger partial charge in [0.15, 0.2) is 5.13 Å². The third-order valence-electron chi connectivity index (χ3n) is 4.80. The first-order chi connectivity index (χ1) is 13.6. The minimum absolute atomic E-state index is 0.591. The number of benzene rings is 1. The van der Waals surface area contributed by atoms with E-state index in [4.69, 9.17) is 5.26 Å². The molecule has 1 fully saturated rings. The summed E-state index contributed by atoms with van der Waals surface area (Å²) in [6.07, 6.45) is 4.68. The van der Waals surface area contributed by atoms with Crippen LogP contribution in [-0.2, 0) is 4.79 Å². The number of carbonyl (C=O) groups is 1. The Balaban J connectivity index is 0.00000136. The topological polar surface area (TPSA) is 72.3 Å². The summed E-state index contributed by atoms with van der Waals surface area (Å²) in [7, 11) is 2.16. The fourth-order valence-corrected chi connectivity index (χ4v) is 4.10. The van der Waals surface area contributed by atoms with Crippen molar-refractivity contribution in [1.82, 2.24) is 9.88 Å². The molecule has 0 bridgehead atoms. The predicted molar refractivity (Wildman–Crippen MR) is 120 cm³/mol. The number of amides is 1. The van der Waals surface area contributed by atoms with Gasteiger partial charge in [0.2, 0.25) is 6.41 Å². The lowest BCUT2D eigenvalue weighted by Gasteiger charge is -2.33. The zero-order valence-electron chi connectivity index (χ0n) is 16.6. The number of likely N-dealkylation sites (tertiary alicyclic amines) is 1. The third kappa shape index (κ3) is 5.71. The molecule has 0 saturated carbocycles. The van der Waals surface area contributed by atoms with Crippen LogP contribution >= 0.6 is 24.0 Å². The fourth-order valence-electron chi connectivity index (χ4n) is 3.20. The number of carbonyl (C=O) groups excluding carboxylic acids is 1. The Hall–Kier alpha value is -2.08. The van der Waals surface area contributed by atoms with Gasteiger partial charge in [-0.15, -0.1) is 0 Å². The number of anilines is 3.